The van der Waals surface area contributed by atoms with Gasteiger partial charge in [-0.05, 0) is 192 Å². The molecule has 0 radical (unpaired) electrons. The third-order valence-electron chi connectivity index (χ3n) is 12.1. The molecule has 2 amide bonds. The first-order chi connectivity index (χ1) is 40.5. The first-order valence-electron chi connectivity index (χ1n) is 26.3. The molecule has 0 saturated heterocycles. The van der Waals surface area contributed by atoms with Crippen LogP contribution in [0.2, 0.25) is 15.1 Å². The van der Waals surface area contributed by atoms with Crippen LogP contribution in [0.1, 0.15) is 81.9 Å². The van der Waals surface area contributed by atoms with Gasteiger partial charge in [0.2, 0.25) is 5.56 Å². The highest BCUT2D eigenvalue weighted by Gasteiger charge is 2.34. The number of halogens is 6. The molecule has 15 nitrogen and oxygen atoms in total. The second-order valence-electron chi connectivity index (χ2n) is 20.4. The van der Waals surface area contributed by atoms with E-state index in [-0.39, 0.29) is 15.5 Å². The van der Waals surface area contributed by atoms with Crippen LogP contribution in [0.25, 0.3) is 21.1 Å². The third kappa shape index (κ3) is 23.3. The molecule has 0 fully saturated rings. The summed E-state index contributed by atoms with van der Waals surface area (Å²) in [6.07, 6.45) is -3.95. The molecule has 9 aromatic rings. The molecule has 9 rings (SSSR count). The number of amides is 2. The largest absolute Gasteiger partial charge is 0.418 e. The Morgan fingerprint density at radius 2 is 0.943 bits per heavy atom. The fraction of sp³-hybridized carbons (Fsp3) is 0.231. The molecular weight excluding hydrogens is 1200 g/mol. The van der Waals surface area contributed by atoms with E-state index >= 15 is 0 Å². The van der Waals surface area contributed by atoms with Gasteiger partial charge < -0.3 is 46.4 Å². The number of benzene rings is 7. The van der Waals surface area contributed by atoms with E-state index in [2.05, 4.69) is 22.1 Å². The number of fused-ring (bicyclic) bond motifs is 2. The van der Waals surface area contributed by atoms with Crippen molar-refractivity contribution in [3.63, 3.8) is 0 Å². The number of hydrogen-bond donors (Lipinski definition) is 5. The summed E-state index contributed by atoms with van der Waals surface area (Å²) in [5.74, 6) is 0.667. The van der Waals surface area contributed by atoms with Gasteiger partial charge in [-0.2, -0.15) is 13.2 Å². The number of alkyl halides is 3. The van der Waals surface area contributed by atoms with E-state index in [1.807, 2.05) is 98.7 Å². The molecule has 0 bridgehead atoms. The van der Waals surface area contributed by atoms with Crippen molar-refractivity contribution in [3.8, 4) is 11.5 Å². The van der Waals surface area contributed by atoms with Crippen molar-refractivity contribution in [2.24, 2.45) is 0 Å². The molecule has 0 atom stereocenters. The maximum absolute atomic E-state index is 12.3. The Bertz CT molecular complexity index is 3880. The molecule has 0 unspecified atom stereocenters. The molecule has 0 aliphatic carbocycles. The number of nitrogens with one attached hydrogen (secondary N) is 2. The number of H-pyrrole nitrogens is 2. The minimum Gasteiger partial charge on any atom is -0.410 e. The highest BCUT2D eigenvalue weighted by atomic mass is 35.5. The van der Waals surface area contributed by atoms with E-state index in [0.717, 1.165) is 78.8 Å². The number of carbonyl (C=O) groups is 4. The zero-order chi connectivity index (χ0) is 65.8. The Morgan fingerprint density at radius 3 is 1.40 bits per heavy atom. The van der Waals surface area contributed by atoms with Crippen molar-refractivity contribution in [2.75, 3.05) is 45.4 Å². The first-order valence-corrected chi connectivity index (χ1v) is 28.3. The molecule has 0 aliphatic heterocycles. The Labute approximate surface area is 522 Å². The van der Waals surface area contributed by atoms with Crippen molar-refractivity contribution in [2.45, 2.75) is 75.4 Å². The van der Waals surface area contributed by atoms with Crippen molar-refractivity contribution in [1.29, 1.82) is 0 Å². The predicted octanol–water partition coefficient (Wildman–Crippen LogP) is 16.1. The third-order valence-corrected chi connectivity index (χ3v) is 14.1. The zero-order valence-electron chi connectivity index (χ0n) is 50.7. The number of carbonyl (C=O) groups excluding carboxylic acids is 4. The lowest BCUT2D eigenvalue weighted by Gasteiger charge is -2.14. The SMILES string of the molecule is Cc1cc(C=O)cc(C=O)c1.Cc1cc(Cl)c(N)c(C(F)(F)F)c1.Cc1cc(Cl)c(N)c(Cl)c1.Cc1cc(OC(=O)N(C)C)cc(OC(=O)N(C)C)c1.Cc1ccc(C)c(N)c1.Cc1ccc(C)c2[nH]c(=O)ccc12.Cc1ccc(C)c2sc(=O)[nH]c12. The van der Waals surface area contributed by atoms with E-state index in [4.69, 9.17) is 61.5 Å². The van der Waals surface area contributed by atoms with Gasteiger partial charge in [-0.3, -0.25) is 19.2 Å². The smallest absolute Gasteiger partial charge is 0.410 e. The Morgan fingerprint density at radius 1 is 0.506 bits per heavy atom. The number of aromatic amines is 2. The number of aldehydes is 2. The van der Waals surface area contributed by atoms with Crippen LogP contribution in [0.3, 0.4) is 0 Å². The maximum atomic E-state index is 12.3. The topological polar surface area (TPSA) is 237 Å². The number of pyridine rings is 1. The average molecular weight is 1270 g/mol. The van der Waals surface area contributed by atoms with E-state index < -0.39 is 29.6 Å². The summed E-state index contributed by atoms with van der Waals surface area (Å²) in [6, 6.07) is 33.5. The van der Waals surface area contributed by atoms with Crippen molar-refractivity contribution in [1.82, 2.24) is 19.8 Å². The molecule has 87 heavy (non-hydrogen) atoms. The van der Waals surface area contributed by atoms with Crippen LogP contribution in [0.5, 0.6) is 11.5 Å². The van der Waals surface area contributed by atoms with Gasteiger partial charge in [0.1, 0.15) is 24.1 Å². The van der Waals surface area contributed by atoms with E-state index in [0.29, 0.717) is 43.9 Å². The van der Waals surface area contributed by atoms with Crippen LogP contribution in [-0.2, 0) is 6.18 Å². The van der Waals surface area contributed by atoms with Gasteiger partial charge in [0.15, 0.2) is 0 Å². The Hall–Kier alpha value is -8.62. The van der Waals surface area contributed by atoms with Gasteiger partial charge in [-0.25, -0.2) is 9.59 Å². The van der Waals surface area contributed by atoms with Gasteiger partial charge >= 0.3 is 23.2 Å². The number of rotatable bonds is 4. The van der Waals surface area contributed by atoms with Crippen LogP contribution in [0.4, 0.5) is 39.8 Å². The molecule has 8 N–H and O–H groups in total. The number of aromatic nitrogens is 2. The highest BCUT2D eigenvalue weighted by molar-refractivity contribution is 7.16. The van der Waals surface area contributed by atoms with Gasteiger partial charge in [0, 0.05) is 62.5 Å². The lowest BCUT2D eigenvalue weighted by atomic mass is 10.1. The predicted molar refractivity (Wildman–Crippen MR) is 350 cm³/mol. The maximum Gasteiger partial charge on any atom is 0.418 e. The highest BCUT2D eigenvalue weighted by Crippen LogP contribution is 2.37. The molecule has 2 aromatic heterocycles. The fourth-order valence-corrected chi connectivity index (χ4v) is 9.24. The quantitative estimate of drug-likeness (QED) is 0.0820. The Balaban J connectivity index is 0.000000269. The van der Waals surface area contributed by atoms with Gasteiger partial charge in [0.25, 0.3) is 0 Å². The number of ether oxygens (including phenoxy) is 2. The second-order valence-corrected chi connectivity index (χ2v) is 22.6. The van der Waals surface area contributed by atoms with E-state index in [9.17, 15) is 41.9 Å². The normalized spacial score (nSPS) is 10.3. The lowest BCUT2D eigenvalue weighted by Crippen LogP contribution is -2.26. The number of nitrogens with two attached hydrogens (primary N) is 3. The second kappa shape index (κ2) is 33.3. The van der Waals surface area contributed by atoms with Crippen molar-refractivity contribution >= 4 is 109 Å². The van der Waals surface area contributed by atoms with Crippen LogP contribution >= 0.6 is 46.1 Å². The molecule has 0 saturated carbocycles. The number of thiazole rings is 1. The summed E-state index contributed by atoms with van der Waals surface area (Å²) in [7, 11) is 6.35. The molecule has 0 aliphatic rings. The first kappa shape index (κ1) is 72.6. The van der Waals surface area contributed by atoms with Crippen LogP contribution in [0, 0.1) is 69.2 Å². The van der Waals surface area contributed by atoms with Gasteiger partial charge in [-0.1, -0.05) is 82.5 Å². The number of aryl methyl sites for hydroxylation is 10. The summed E-state index contributed by atoms with van der Waals surface area (Å²) in [6.45, 7) is 19.2. The fourth-order valence-electron chi connectivity index (χ4n) is 7.48. The minimum atomic E-state index is -4.44. The summed E-state index contributed by atoms with van der Waals surface area (Å²) in [4.78, 5) is 74.0. The minimum absolute atomic E-state index is 0.0300. The monoisotopic (exact) mass is 1270 g/mol. The standard InChI is InChI=1S/C13H18N2O4.C11H11NO.C9H9NOS.C9H8O2.C8H7ClF3N.C8H11N.C7H7Cl2N/c1-9-6-10(18-12(16)14(2)3)8-11(7-9)19-13(17)15(4)5;1-7-3-4-8(2)11-9(7)5-6-10(13)12-11;1-5-3-4-6(2)8-7(5)10-9(11)12-8;1-7-2-8(5-10)4-9(3-7)6-11;1-4-2-5(8(10,11)12)7(13)6(9)3-4;1-6-3-4-7(2)8(9)5-6;1-4-2-5(8)7(10)6(9)3-4/h6-8H,1-5H3;3-6H,1-2H3,(H,12,13);3-4H,1-2H3,(H,10,11);2-6H,1H3;2-3H,13H2,1H3;3-5H,9H2,1-2H3;2-3H,10H2,1H3. The number of anilines is 3. The van der Waals surface area contributed by atoms with Gasteiger partial charge in [0.05, 0.1) is 47.7 Å². The molecule has 22 heteroatoms. The van der Waals surface area contributed by atoms with Crippen LogP contribution in [0.15, 0.2) is 125 Å². The van der Waals surface area contributed by atoms with Crippen LogP contribution in [-0.4, -0.2) is 72.7 Å². The van der Waals surface area contributed by atoms with E-state index in [1.165, 1.54) is 56.9 Å². The Kier molecular flexibility index (Phi) is 27.8. The molecule has 462 valence electrons. The van der Waals surface area contributed by atoms with Crippen LogP contribution < -0.4 is 37.1 Å². The summed E-state index contributed by atoms with van der Waals surface area (Å²) in [5, 5.41) is 2.10. The number of nitrogens with zero attached hydrogens (tertiary/aromatic N) is 2. The zero-order valence-corrected chi connectivity index (χ0v) is 53.8. The average Bonchev–Trinajstić information content (AvgIpc) is 3.99. The van der Waals surface area contributed by atoms with E-state index in [1.54, 1.807) is 76.7 Å². The summed E-state index contributed by atoms with van der Waals surface area (Å²) >= 11 is 18.2. The van der Waals surface area contributed by atoms with Crippen molar-refractivity contribution in [3.05, 3.63) is 223 Å². The lowest BCUT2D eigenvalue weighted by molar-refractivity contribution is -0.137. The summed E-state index contributed by atoms with van der Waals surface area (Å²) in [5.41, 5.74) is 29.5. The molecular formula is C65H71Cl3F3N7O8S. The molecule has 7 aromatic carbocycles. The molecule has 0 spiro atoms. The van der Waals surface area contributed by atoms with Crippen molar-refractivity contribution < 1.29 is 41.8 Å². The summed E-state index contributed by atoms with van der Waals surface area (Å²) < 4.78 is 48.1. The number of nitrogen functional groups attached to an aromatic ring is 3. The van der Waals surface area contributed by atoms with Gasteiger partial charge in [-0.15, -0.1) is 0 Å². The number of hydrogen-bond acceptors (Lipinski definition) is 12. The molecule has 2 heterocycles.